The number of thiazole rings is 1. The molecule has 0 aliphatic rings. The summed E-state index contributed by atoms with van der Waals surface area (Å²) in [6.07, 6.45) is 3.20. The Hall–Kier alpha value is -1.14. The minimum absolute atomic E-state index is 0.449. The van der Waals surface area contributed by atoms with Crippen molar-refractivity contribution < 1.29 is 0 Å². The van der Waals surface area contributed by atoms with Gasteiger partial charge in [0.05, 0.1) is 0 Å². The van der Waals surface area contributed by atoms with E-state index < -0.39 is 0 Å². The Labute approximate surface area is 89.6 Å². The van der Waals surface area contributed by atoms with E-state index in [1.165, 1.54) is 11.8 Å². The second-order valence-electron chi connectivity index (χ2n) is 2.60. The lowest BCUT2D eigenvalue weighted by Gasteiger charge is -1.98. The van der Waals surface area contributed by atoms with E-state index in [0.29, 0.717) is 10.8 Å². The third-order valence-corrected chi connectivity index (χ3v) is 3.54. The fourth-order valence-electron chi connectivity index (χ4n) is 0.877. The molecule has 4 nitrogen and oxygen atoms in total. The van der Waals surface area contributed by atoms with Gasteiger partial charge in [0.1, 0.15) is 5.03 Å². The largest absolute Gasteiger partial charge is 0.381 e. The number of nitrogens with zero attached hydrogens (tertiary/aromatic N) is 3. The van der Waals surface area contributed by atoms with Crippen molar-refractivity contribution in [2.24, 2.45) is 0 Å². The van der Waals surface area contributed by atoms with Crippen LogP contribution in [0.1, 0.15) is 5.69 Å². The van der Waals surface area contributed by atoms with Crippen molar-refractivity contribution >= 4 is 28.9 Å². The molecule has 0 unspecified atom stereocenters. The van der Waals surface area contributed by atoms with Crippen molar-refractivity contribution in [2.75, 3.05) is 5.73 Å². The molecule has 6 heteroatoms. The topological polar surface area (TPSA) is 64.7 Å². The lowest BCUT2D eigenvalue weighted by atomic mass is 10.6. The first-order chi connectivity index (χ1) is 6.75. The molecule has 2 N–H and O–H groups in total. The van der Waals surface area contributed by atoms with Crippen molar-refractivity contribution in [1.82, 2.24) is 15.0 Å². The molecule has 0 saturated heterocycles. The lowest BCUT2D eigenvalue weighted by molar-refractivity contribution is 1.06. The molecule has 0 aliphatic carbocycles. The van der Waals surface area contributed by atoms with Crippen LogP contribution in [0.3, 0.4) is 0 Å². The molecule has 2 rings (SSSR count). The van der Waals surface area contributed by atoms with Gasteiger partial charge in [-0.2, -0.15) is 0 Å². The van der Waals surface area contributed by atoms with E-state index in [1.807, 2.05) is 12.3 Å². The minimum atomic E-state index is 0.449. The molecule has 0 radical (unpaired) electrons. The second kappa shape index (κ2) is 3.93. The predicted octanol–water partition coefficient (Wildman–Crippen LogP) is 1.97. The number of aryl methyl sites for hydroxylation is 1. The number of anilines is 1. The summed E-state index contributed by atoms with van der Waals surface area (Å²) in [6.45, 7) is 1.96. The van der Waals surface area contributed by atoms with Crippen molar-refractivity contribution in [1.29, 1.82) is 0 Å². The van der Waals surface area contributed by atoms with Gasteiger partial charge in [-0.1, -0.05) is 0 Å². The highest BCUT2D eigenvalue weighted by Crippen LogP contribution is 2.30. The third-order valence-electron chi connectivity index (χ3n) is 1.47. The summed E-state index contributed by atoms with van der Waals surface area (Å²) in [4.78, 5) is 12.4. The van der Waals surface area contributed by atoms with Crippen LogP contribution in [0.5, 0.6) is 0 Å². The first-order valence-corrected chi connectivity index (χ1v) is 5.62. The minimum Gasteiger partial charge on any atom is -0.381 e. The SMILES string of the molecule is Cc1csc(Sc2nccnc2N)n1. The van der Waals surface area contributed by atoms with Crippen LogP contribution in [0.4, 0.5) is 5.82 Å². The maximum atomic E-state index is 5.66. The van der Waals surface area contributed by atoms with Crippen molar-refractivity contribution in [3.8, 4) is 0 Å². The van der Waals surface area contributed by atoms with Gasteiger partial charge in [0.2, 0.25) is 0 Å². The fourth-order valence-corrected chi connectivity index (χ4v) is 2.60. The van der Waals surface area contributed by atoms with Crippen LogP contribution in [0.25, 0.3) is 0 Å². The first-order valence-electron chi connectivity index (χ1n) is 3.92. The van der Waals surface area contributed by atoms with Crippen LogP contribution in [0, 0.1) is 6.92 Å². The normalized spacial score (nSPS) is 10.4. The highest BCUT2D eigenvalue weighted by Gasteiger charge is 2.06. The Balaban J connectivity index is 2.23. The second-order valence-corrected chi connectivity index (χ2v) is 4.70. The monoisotopic (exact) mass is 224 g/mol. The van der Waals surface area contributed by atoms with E-state index in [1.54, 1.807) is 23.7 Å². The van der Waals surface area contributed by atoms with Gasteiger partial charge >= 0.3 is 0 Å². The maximum absolute atomic E-state index is 5.66. The number of hydrogen-bond acceptors (Lipinski definition) is 6. The Bertz CT molecular complexity index is 440. The predicted molar refractivity (Wildman–Crippen MR) is 57.4 cm³/mol. The number of rotatable bonds is 2. The standard InChI is InChI=1S/C8H8N4S2/c1-5-4-13-8(12-5)14-7-6(9)10-2-3-11-7/h2-4H,1H3,(H2,9,10). The third kappa shape index (κ3) is 2.02. The highest BCUT2D eigenvalue weighted by atomic mass is 32.2. The Morgan fingerprint density at radius 3 is 2.79 bits per heavy atom. The average Bonchev–Trinajstić information content (AvgIpc) is 2.56. The van der Waals surface area contributed by atoms with Gasteiger partial charge < -0.3 is 5.73 Å². The zero-order valence-electron chi connectivity index (χ0n) is 7.47. The van der Waals surface area contributed by atoms with Crippen LogP contribution in [-0.4, -0.2) is 15.0 Å². The summed E-state index contributed by atoms with van der Waals surface area (Å²) < 4.78 is 0.940. The van der Waals surface area contributed by atoms with Crippen molar-refractivity contribution in [3.63, 3.8) is 0 Å². The van der Waals surface area contributed by atoms with Crippen LogP contribution >= 0.6 is 23.1 Å². The van der Waals surface area contributed by atoms with E-state index in [2.05, 4.69) is 15.0 Å². The molecule has 0 fully saturated rings. The first kappa shape index (κ1) is 9.42. The highest BCUT2D eigenvalue weighted by molar-refractivity contribution is 8.01. The van der Waals surface area contributed by atoms with Crippen molar-refractivity contribution in [3.05, 3.63) is 23.5 Å². The molecular weight excluding hydrogens is 216 g/mol. The zero-order chi connectivity index (χ0) is 9.97. The average molecular weight is 224 g/mol. The van der Waals surface area contributed by atoms with Gasteiger partial charge in [0, 0.05) is 23.5 Å². The van der Waals surface area contributed by atoms with Crippen LogP contribution < -0.4 is 5.73 Å². The van der Waals surface area contributed by atoms with Crippen LogP contribution in [0.2, 0.25) is 0 Å². The number of nitrogen functional groups attached to an aromatic ring is 1. The summed E-state index contributed by atoms with van der Waals surface area (Å²) in [5, 5.41) is 2.70. The molecule has 0 aromatic carbocycles. The van der Waals surface area contributed by atoms with Gasteiger partial charge in [-0.3, -0.25) is 0 Å². The lowest BCUT2D eigenvalue weighted by Crippen LogP contribution is -1.94. The van der Waals surface area contributed by atoms with Gasteiger partial charge in [-0.25, -0.2) is 15.0 Å². The summed E-state index contributed by atoms with van der Waals surface area (Å²) in [5.74, 6) is 0.449. The van der Waals surface area contributed by atoms with Gasteiger partial charge in [-0.05, 0) is 18.7 Å². The molecule has 14 heavy (non-hydrogen) atoms. The smallest absolute Gasteiger partial charge is 0.156 e. The molecule has 0 atom stereocenters. The molecule has 0 amide bonds. The van der Waals surface area contributed by atoms with E-state index in [9.17, 15) is 0 Å². The maximum Gasteiger partial charge on any atom is 0.156 e. The number of aromatic nitrogens is 3. The van der Waals surface area contributed by atoms with Gasteiger partial charge in [-0.15, -0.1) is 11.3 Å². The molecule has 0 spiro atoms. The van der Waals surface area contributed by atoms with E-state index in [0.717, 1.165) is 10.0 Å². The fraction of sp³-hybridized carbons (Fsp3) is 0.125. The quantitative estimate of drug-likeness (QED) is 0.845. The molecule has 0 bridgehead atoms. The number of nitrogens with two attached hydrogens (primary N) is 1. The summed E-state index contributed by atoms with van der Waals surface area (Å²) in [6, 6.07) is 0. The Morgan fingerprint density at radius 2 is 2.14 bits per heavy atom. The molecule has 0 saturated carbocycles. The summed E-state index contributed by atoms with van der Waals surface area (Å²) in [7, 11) is 0. The zero-order valence-corrected chi connectivity index (χ0v) is 9.10. The van der Waals surface area contributed by atoms with Crippen molar-refractivity contribution in [2.45, 2.75) is 16.3 Å². The Morgan fingerprint density at radius 1 is 1.36 bits per heavy atom. The molecule has 2 aromatic heterocycles. The molecule has 0 aliphatic heterocycles. The summed E-state index contributed by atoms with van der Waals surface area (Å²) in [5.41, 5.74) is 6.67. The van der Waals surface area contributed by atoms with Gasteiger partial charge in [0.15, 0.2) is 10.2 Å². The van der Waals surface area contributed by atoms with E-state index in [4.69, 9.17) is 5.73 Å². The molecule has 2 heterocycles. The molecule has 72 valence electrons. The molecular formula is C8H8N4S2. The van der Waals surface area contributed by atoms with Gasteiger partial charge in [0.25, 0.3) is 0 Å². The molecule has 2 aromatic rings. The summed E-state index contributed by atoms with van der Waals surface area (Å²) >= 11 is 3.03. The van der Waals surface area contributed by atoms with Crippen LogP contribution in [0.15, 0.2) is 27.1 Å². The van der Waals surface area contributed by atoms with E-state index in [-0.39, 0.29) is 0 Å². The Kier molecular flexibility index (Phi) is 2.64. The number of hydrogen-bond donors (Lipinski definition) is 1. The van der Waals surface area contributed by atoms with Crippen LogP contribution in [-0.2, 0) is 0 Å². The van der Waals surface area contributed by atoms with E-state index >= 15 is 0 Å².